The van der Waals surface area contributed by atoms with Crippen molar-refractivity contribution in [2.45, 2.75) is 6.42 Å². The van der Waals surface area contributed by atoms with E-state index in [0.717, 1.165) is 5.56 Å². The van der Waals surface area contributed by atoms with Gasteiger partial charge in [0.1, 0.15) is 17.3 Å². The van der Waals surface area contributed by atoms with Crippen LogP contribution in [0.25, 0.3) is 0 Å². The number of nitrogens with one attached hydrogen (secondary N) is 2. The summed E-state index contributed by atoms with van der Waals surface area (Å²) in [5.74, 6) is -0.124. The molecular weight excluding hydrogens is 345 g/mol. The number of hydrogen-bond acceptors (Lipinski definition) is 5. The van der Waals surface area contributed by atoms with Gasteiger partial charge in [-0.05, 0) is 42.3 Å². The van der Waals surface area contributed by atoms with E-state index in [-0.39, 0.29) is 11.5 Å². The van der Waals surface area contributed by atoms with Crippen LogP contribution in [0.1, 0.15) is 21.6 Å². The van der Waals surface area contributed by atoms with Gasteiger partial charge in [0.2, 0.25) is 0 Å². The topological polar surface area (TPSA) is 90.7 Å². The van der Waals surface area contributed by atoms with Gasteiger partial charge in [0.25, 0.3) is 5.91 Å². The minimum Gasteiger partial charge on any atom is -0.368 e. The minimum absolute atomic E-state index is 0.168. The number of amides is 1. The van der Waals surface area contributed by atoms with Gasteiger partial charge < -0.3 is 10.6 Å². The van der Waals surface area contributed by atoms with Crippen molar-refractivity contribution in [2.24, 2.45) is 0 Å². The predicted molar refractivity (Wildman–Crippen MR) is 99.7 cm³/mol. The van der Waals surface area contributed by atoms with E-state index in [4.69, 9.17) is 5.26 Å². The largest absolute Gasteiger partial charge is 0.368 e. The van der Waals surface area contributed by atoms with Gasteiger partial charge in [-0.1, -0.05) is 18.2 Å². The number of carbonyl (C=O) groups is 1. The average molecular weight is 361 g/mol. The summed E-state index contributed by atoms with van der Waals surface area (Å²) in [5.41, 5.74) is 2.15. The molecule has 2 N–H and O–H groups in total. The third-order valence-corrected chi connectivity index (χ3v) is 3.77. The zero-order chi connectivity index (χ0) is 19.1. The second kappa shape index (κ2) is 8.54. The van der Waals surface area contributed by atoms with Crippen LogP contribution < -0.4 is 10.6 Å². The van der Waals surface area contributed by atoms with E-state index in [1.807, 2.05) is 6.07 Å². The number of hydrogen-bond donors (Lipinski definition) is 2. The summed E-state index contributed by atoms with van der Waals surface area (Å²) in [5, 5.41) is 14.7. The molecule has 7 heteroatoms. The van der Waals surface area contributed by atoms with Crippen LogP contribution in [-0.4, -0.2) is 22.4 Å². The van der Waals surface area contributed by atoms with Crippen molar-refractivity contribution in [3.63, 3.8) is 0 Å². The minimum atomic E-state index is -0.407. The normalized spacial score (nSPS) is 10.1. The highest BCUT2D eigenvalue weighted by Gasteiger charge is 2.09. The highest BCUT2D eigenvalue weighted by atomic mass is 19.1. The van der Waals surface area contributed by atoms with Crippen molar-refractivity contribution < 1.29 is 9.18 Å². The fourth-order valence-electron chi connectivity index (χ4n) is 2.38. The monoisotopic (exact) mass is 361 g/mol. The summed E-state index contributed by atoms with van der Waals surface area (Å²) < 4.78 is 12.9. The Labute approximate surface area is 155 Å². The van der Waals surface area contributed by atoms with Crippen molar-refractivity contribution in [3.8, 4) is 6.07 Å². The standard InChI is InChI=1S/C20H16FN5O/c21-16-6-4-14(5-7-16)8-9-23-19-13-24-18(12-25-19)20(27)26-17-3-1-2-15(10-17)11-22/h1-7,10,12-13H,8-9H2,(H,23,25)(H,26,27). The maximum Gasteiger partial charge on any atom is 0.275 e. The number of halogens is 1. The van der Waals surface area contributed by atoms with E-state index in [9.17, 15) is 9.18 Å². The molecule has 0 aliphatic carbocycles. The van der Waals surface area contributed by atoms with Crippen molar-refractivity contribution in [3.05, 3.63) is 83.6 Å². The third-order valence-electron chi connectivity index (χ3n) is 3.77. The molecule has 0 fully saturated rings. The van der Waals surface area contributed by atoms with Crippen LogP contribution in [0.2, 0.25) is 0 Å². The number of anilines is 2. The molecule has 27 heavy (non-hydrogen) atoms. The molecule has 6 nitrogen and oxygen atoms in total. The Bertz CT molecular complexity index is 965. The van der Waals surface area contributed by atoms with Crippen molar-refractivity contribution in [1.82, 2.24) is 9.97 Å². The Morgan fingerprint density at radius 1 is 1.11 bits per heavy atom. The highest BCUT2D eigenvalue weighted by Crippen LogP contribution is 2.11. The lowest BCUT2D eigenvalue weighted by Gasteiger charge is -2.07. The lowest BCUT2D eigenvalue weighted by molar-refractivity contribution is 0.102. The van der Waals surface area contributed by atoms with Gasteiger partial charge >= 0.3 is 0 Å². The summed E-state index contributed by atoms with van der Waals surface area (Å²) in [7, 11) is 0. The van der Waals surface area contributed by atoms with Gasteiger partial charge in [-0.15, -0.1) is 0 Å². The molecule has 3 rings (SSSR count). The number of carbonyl (C=O) groups excluding carboxylic acids is 1. The molecule has 0 aliphatic heterocycles. The van der Waals surface area contributed by atoms with E-state index in [1.165, 1.54) is 24.5 Å². The summed E-state index contributed by atoms with van der Waals surface area (Å²) in [6.07, 6.45) is 3.56. The second-order valence-electron chi connectivity index (χ2n) is 5.74. The Hall–Kier alpha value is -3.79. The second-order valence-corrected chi connectivity index (χ2v) is 5.74. The molecule has 0 unspecified atom stereocenters. The molecule has 1 heterocycles. The lowest BCUT2D eigenvalue weighted by Crippen LogP contribution is -2.15. The first-order chi connectivity index (χ1) is 13.1. The number of aromatic nitrogens is 2. The average Bonchev–Trinajstić information content (AvgIpc) is 2.70. The summed E-state index contributed by atoms with van der Waals surface area (Å²) in [6.45, 7) is 0.604. The van der Waals surface area contributed by atoms with Gasteiger partial charge in [-0.2, -0.15) is 5.26 Å². The fourth-order valence-corrected chi connectivity index (χ4v) is 2.38. The highest BCUT2D eigenvalue weighted by molar-refractivity contribution is 6.02. The van der Waals surface area contributed by atoms with Gasteiger partial charge in [-0.3, -0.25) is 4.79 Å². The molecule has 134 valence electrons. The van der Waals surface area contributed by atoms with Gasteiger partial charge in [-0.25, -0.2) is 14.4 Å². The maximum atomic E-state index is 12.9. The van der Waals surface area contributed by atoms with E-state index in [0.29, 0.717) is 30.0 Å². The first-order valence-electron chi connectivity index (χ1n) is 8.26. The Morgan fingerprint density at radius 2 is 1.93 bits per heavy atom. The summed E-state index contributed by atoms with van der Waals surface area (Å²) in [4.78, 5) is 20.5. The molecule has 2 aromatic carbocycles. The smallest absolute Gasteiger partial charge is 0.275 e. The maximum absolute atomic E-state index is 12.9. The molecule has 0 radical (unpaired) electrons. The van der Waals surface area contributed by atoms with Gasteiger partial charge in [0.05, 0.1) is 24.0 Å². The molecule has 0 atom stereocenters. The first kappa shape index (κ1) is 18.0. The van der Waals surface area contributed by atoms with Crippen molar-refractivity contribution >= 4 is 17.4 Å². The number of benzene rings is 2. The summed E-state index contributed by atoms with van der Waals surface area (Å²) >= 11 is 0. The number of nitriles is 1. The molecule has 0 saturated heterocycles. The third kappa shape index (κ3) is 5.09. The molecule has 1 amide bonds. The van der Waals surface area contributed by atoms with Crippen LogP contribution >= 0.6 is 0 Å². The predicted octanol–water partition coefficient (Wildman–Crippen LogP) is 3.39. The van der Waals surface area contributed by atoms with Gasteiger partial charge in [0.15, 0.2) is 0 Å². The molecule has 3 aromatic rings. The van der Waals surface area contributed by atoms with Crippen LogP contribution in [0.4, 0.5) is 15.9 Å². The SMILES string of the molecule is N#Cc1cccc(NC(=O)c2cnc(NCCc3ccc(F)cc3)cn2)c1. The lowest BCUT2D eigenvalue weighted by atomic mass is 10.1. The fraction of sp³-hybridized carbons (Fsp3) is 0.100. The molecule has 0 saturated carbocycles. The van der Waals surface area contributed by atoms with Crippen LogP contribution in [0.3, 0.4) is 0 Å². The first-order valence-corrected chi connectivity index (χ1v) is 8.26. The zero-order valence-electron chi connectivity index (χ0n) is 14.3. The molecular formula is C20H16FN5O. The van der Waals surface area contributed by atoms with E-state index < -0.39 is 5.91 Å². The van der Waals surface area contributed by atoms with Crippen LogP contribution in [0.5, 0.6) is 0 Å². The number of rotatable bonds is 6. The van der Waals surface area contributed by atoms with Crippen LogP contribution in [0.15, 0.2) is 60.9 Å². The molecule has 0 spiro atoms. The Morgan fingerprint density at radius 3 is 2.63 bits per heavy atom. The van der Waals surface area contributed by atoms with Gasteiger partial charge in [0, 0.05) is 12.2 Å². The van der Waals surface area contributed by atoms with E-state index in [1.54, 1.807) is 36.4 Å². The molecule has 1 aromatic heterocycles. The van der Waals surface area contributed by atoms with Crippen molar-refractivity contribution in [2.75, 3.05) is 17.2 Å². The Kier molecular flexibility index (Phi) is 5.70. The van der Waals surface area contributed by atoms with Crippen LogP contribution in [0, 0.1) is 17.1 Å². The van der Waals surface area contributed by atoms with E-state index in [2.05, 4.69) is 20.6 Å². The molecule has 0 aliphatic rings. The molecule has 0 bridgehead atoms. The van der Waals surface area contributed by atoms with Crippen LogP contribution in [-0.2, 0) is 6.42 Å². The quantitative estimate of drug-likeness (QED) is 0.702. The zero-order valence-corrected chi connectivity index (χ0v) is 14.3. The number of nitrogens with zero attached hydrogens (tertiary/aromatic N) is 3. The Balaban J connectivity index is 1.53. The summed E-state index contributed by atoms with van der Waals surface area (Å²) in [6, 6.07) is 14.9. The van der Waals surface area contributed by atoms with E-state index >= 15 is 0 Å². The van der Waals surface area contributed by atoms with Crippen molar-refractivity contribution in [1.29, 1.82) is 5.26 Å².